The highest BCUT2D eigenvalue weighted by Crippen LogP contribution is 2.12. The van der Waals surface area contributed by atoms with Crippen molar-refractivity contribution in [2.75, 3.05) is 6.61 Å². The van der Waals surface area contributed by atoms with Gasteiger partial charge in [0.25, 0.3) is 5.91 Å². The zero-order chi connectivity index (χ0) is 13.7. The number of aliphatic hydroxyl groups excluding tert-OH is 1. The maximum absolute atomic E-state index is 12.0. The summed E-state index contributed by atoms with van der Waals surface area (Å²) in [6.45, 7) is 1.72. The number of amides is 1. The van der Waals surface area contributed by atoms with Gasteiger partial charge in [-0.05, 0) is 18.9 Å². The zero-order valence-electron chi connectivity index (χ0n) is 10.7. The van der Waals surface area contributed by atoms with Crippen LogP contribution < -0.4 is 5.32 Å². The first-order valence-electron chi connectivity index (χ1n) is 6.06. The van der Waals surface area contributed by atoms with Crippen LogP contribution in [-0.4, -0.2) is 28.6 Å². The highest BCUT2D eigenvalue weighted by molar-refractivity contribution is 7.11. The van der Waals surface area contributed by atoms with Gasteiger partial charge in [-0.25, -0.2) is 4.98 Å². The fourth-order valence-corrected chi connectivity index (χ4v) is 2.54. The molecular formula is C14H16N2O2S. The molecule has 19 heavy (non-hydrogen) atoms. The molecule has 5 heteroatoms. The molecule has 1 aromatic carbocycles. The van der Waals surface area contributed by atoms with Crippen molar-refractivity contribution < 1.29 is 9.90 Å². The number of hydrogen-bond donors (Lipinski definition) is 2. The van der Waals surface area contributed by atoms with E-state index in [-0.39, 0.29) is 18.6 Å². The Morgan fingerprint density at radius 2 is 2.16 bits per heavy atom. The molecule has 0 radical (unpaired) electrons. The predicted molar refractivity (Wildman–Crippen MR) is 75.3 cm³/mol. The van der Waals surface area contributed by atoms with Gasteiger partial charge in [-0.3, -0.25) is 4.79 Å². The van der Waals surface area contributed by atoms with Crippen molar-refractivity contribution >= 4 is 17.2 Å². The number of aliphatic hydroxyl groups is 1. The van der Waals surface area contributed by atoms with Gasteiger partial charge in [-0.1, -0.05) is 30.3 Å². The lowest BCUT2D eigenvalue weighted by atomic mass is 10.1. The largest absolute Gasteiger partial charge is 0.394 e. The fraction of sp³-hybridized carbons (Fsp3) is 0.286. The number of benzene rings is 1. The van der Waals surface area contributed by atoms with E-state index in [1.54, 1.807) is 12.4 Å². The Morgan fingerprint density at radius 3 is 2.74 bits per heavy atom. The van der Waals surface area contributed by atoms with Crippen LogP contribution in [0.2, 0.25) is 0 Å². The van der Waals surface area contributed by atoms with Crippen LogP contribution in [0.25, 0.3) is 0 Å². The van der Waals surface area contributed by atoms with Crippen molar-refractivity contribution in [1.82, 2.24) is 10.3 Å². The zero-order valence-corrected chi connectivity index (χ0v) is 11.5. The van der Waals surface area contributed by atoms with Crippen LogP contribution in [0.4, 0.5) is 0 Å². The molecule has 0 aliphatic heterocycles. The van der Waals surface area contributed by atoms with E-state index in [1.807, 2.05) is 30.3 Å². The van der Waals surface area contributed by atoms with Gasteiger partial charge in [0, 0.05) is 0 Å². The lowest BCUT2D eigenvalue weighted by Crippen LogP contribution is -2.39. The number of thiazole rings is 1. The van der Waals surface area contributed by atoms with Crippen LogP contribution in [-0.2, 0) is 6.42 Å². The second-order valence-electron chi connectivity index (χ2n) is 4.31. The number of nitrogens with one attached hydrogen (secondary N) is 1. The quantitative estimate of drug-likeness (QED) is 0.875. The average Bonchev–Trinajstić information content (AvgIpc) is 2.85. The Morgan fingerprint density at radius 1 is 1.42 bits per heavy atom. The summed E-state index contributed by atoms with van der Waals surface area (Å²) in [7, 11) is 0. The molecule has 2 aromatic rings. The van der Waals surface area contributed by atoms with Gasteiger partial charge in [-0.2, -0.15) is 0 Å². The molecule has 0 saturated heterocycles. The molecular weight excluding hydrogens is 260 g/mol. The van der Waals surface area contributed by atoms with Gasteiger partial charge in [-0.15, -0.1) is 11.3 Å². The van der Waals surface area contributed by atoms with Crippen molar-refractivity contribution in [3.63, 3.8) is 0 Å². The number of rotatable bonds is 5. The third kappa shape index (κ3) is 3.62. The Hall–Kier alpha value is -1.72. The molecule has 0 fully saturated rings. The molecule has 0 aliphatic carbocycles. The number of aromatic nitrogens is 1. The van der Waals surface area contributed by atoms with E-state index in [0.29, 0.717) is 11.3 Å². The molecule has 1 aromatic heterocycles. The molecule has 0 bridgehead atoms. The van der Waals surface area contributed by atoms with E-state index in [9.17, 15) is 9.90 Å². The summed E-state index contributed by atoms with van der Waals surface area (Å²) in [5.74, 6) is -0.171. The van der Waals surface area contributed by atoms with Gasteiger partial charge >= 0.3 is 0 Å². The Kier molecular flexibility index (Phi) is 4.65. The third-order valence-electron chi connectivity index (χ3n) is 2.83. The second-order valence-corrected chi connectivity index (χ2v) is 5.16. The molecule has 0 unspecified atom stereocenters. The van der Waals surface area contributed by atoms with Crippen molar-refractivity contribution in [2.24, 2.45) is 0 Å². The minimum absolute atomic E-state index is 0.0848. The normalized spacial score (nSPS) is 12.1. The molecule has 1 atom stereocenters. The van der Waals surface area contributed by atoms with E-state index >= 15 is 0 Å². The van der Waals surface area contributed by atoms with Crippen molar-refractivity contribution in [3.05, 3.63) is 52.0 Å². The van der Waals surface area contributed by atoms with E-state index in [0.717, 1.165) is 11.3 Å². The van der Waals surface area contributed by atoms with Gasteiger partial charge in [0.05, 0.1) is 23.9 Å². The molecule has 0 aliphatic rings. The predicted octanol–water partition coefficient (Wildman–Crippen LogP) is 1.78. The smallest absolute Gasteiger partial charge is 0.263 e. The van der Waals surface area contributed by atoms with Crippen LogP contribution in [0.1, 0.15) is 20.9 Å². The fourth-order valence-electron chi connectivity index (χ4n) is 1.83. The van der Waals surface area contributed by atoms with E-state index in [2.05, 4.69) is 10.3 Å². The van der Waals surface area contributed by atoms with E-state index in [4.69, 9.17) is 0 Å². The lowest BCUT2D eigenvalue weighted by Gasteiger charge is -2.16. The standard InChI is InChI=1S/C14H16N2O2S/c1-10-13(19-9-15-10)14(18)16-12(8-17)7-11-5-3-2-4-6-11/h2-6,9,12,17H,7-8H2,1H3,(H,16,18)/t12-/m1/s1. The summed E-state index contributed by atoms with van der Waals surface area (Å²) < 4.78 is 0. The van der Waals surface area contributed by atoms with Crippen LogP contribution in [0.3, 0.4) is 0 Å². The van der Waals surface area contributed by atoms with Crippen LogP contribution in [0, 0.1) is 6.92 Å². The summed E-state index contributed by atoms with van der Waals surface area (Å²) in [5, 5.41) is 12.2. The maximum Gasteiger partial charge on any atom is 0.263 e. The number of carbonyl (C=O) groups excluding carboxylic acids is 1. The summed E-state index contributed by atoms with van der Waals surface area (Å²) in [5.41, 5.74) is 3.46. The highest BCUT2D eigenvalue weighted by Gasteiger charge is 2.16. The van der Waals surface area contributed by atoms with Gasteiger partial charge in [0.1, 0.15) is 4.88 Å². The van der Waals surface area contributed by atoms with Crippen molar-refractivity contribution in [1.29, 1.82) is 0 Å². The molecule has 4 nitrogen and oxygen atoms in total. The first kappa shape index (κ1) is 13.7. The summed E-state index contributed by atoms with van der Waals surface area (Å²) in [6.07, 6.45) is 0.612. The monoisotopic (exact) mass is 276 g/mol. The van der Waals surface area contributed by atoms with Crippen LogP contribution in [0.15, 0.2) is 35.8 Å². The van der Waals surface area contributed by atoms with Gasteiger partial charge in [0.2, 0.25) is 0 Å². The van der Waals surface area contributed by atoms with Crippen LogP contribution in [0.5, 0.6) is 0 Å². The first-order valence-corrected chi connectivity index (χ1v) is 6.94. The Balaban J connectivity index is 2.00. The number of carbonyl (C=O) groups is 1. The lowest BCUT2D eigenvalue weighted by molar-refractivity contribution is 0.0920. The van der Waals surface area contributed by atoms with E-state index in [1.165, 1.54) is 11.3 Å². The SMILES string of the molecule is Cc1ncsc1C(=O)N[C@@H](CO)Cc1ccccc1. The molecule has 100 valence electrons. The molecule has 2 N–H and O–H groups in total. The Labute approximate surface area is 116 Å². The highest BCUT2D eigenvalue weighted by atomic mass is 32.1. The average molecular weight is 276 g/mol. The third-order valence-corrected chi connectivity index (χ3v) is 3.76. The van der Waals surface area contributed by atoms with E-state index < -0.39 is 0 Å². The van der Waals surface area contributed by atoms with Gasteiger partial charge in [0.15, 0.2) is 0 Å². The summed E-state index contributed by atoms with van der Waals surface area (Å²) in [6, 6.07) is 9.50. The number of aryl methyl sites for hydroxylation is 1. The van der Waals surface area contributed by atoms with Crippen LogP contribution >= 0.6 is 11.3 Å². The topological polar surface area (TPSA) is 62.2 Å². The Bertz CT molecular complexity index is 539. The number of nitrogens with zero attached hydrogens (tertiary/aromatic N) is 1. The van der Waals surface area contributed by atoms with Gasteiger partial charge < -0.3 is 10.4 Å². The van der Waals surface area contributed by atoms with Crippen molar-refractivity contribution in [2.45, 2.75) is 19.4 Å². The maximum atomic E-state index is 12.0. The number of hydrogen-bond acceptors (Lipinski definition) is 4. The molecule has 0 saturated carbocycles. The molecule has 0 spiro atoms. The summed E-state index contributed by atoms with van der Waals surface area (Å²) >= 11 is 1.31. The second kappa shape index (κ2) is 6.45. The molecule has 1 heterocycles. The minimum Gasteiger partial charge on any atom is -0.394 e. The first-order chi connectivity index (χ1) is 9.20. The molecule has 1 amide bonds. The molecule has 2 rings (SSSR count). The van der Waals surface area contributed by atoms with Crippen molar-refractivity contribution in [3.8, 4) is 0 Å². The minimum atomic E-state index is -0.281. The summed E-state index contributed by atoms with van der Waals surface area (Å²) in [4.78, 5) is 16.7.